The number of amides is 1. The van der Waals surface area contributed by atoms with Crippen molar-refractivity contribution in [1.82, 2.24) is 5.32 Å². The maximum absolute atomic E-state index is 13.3. The van der Waals surface area contributed by atoms with Crippen LogP contribution in [0.1, 0.15) is 28.9 Å². The molecule has 0 saturated heterocycles. The van der Waals surface area contributed by atoms with Gasteiger partial charge in [-0.2, -0.15) is 0 Å². The second-order valence-corrected chi connectivity index (χ2v) is 6.71. The van der Waals surface area contributed by atoms with Gasteiger partial charge in [-0.05, 0) is 57.4 Å². The molecule has 138 valence electrons. The first-order chi connectivity index (χ1) is 13.0. The number of ether oxygens (including phenoxy) is 1. The van der Waals surface area contributed by atoms with E-state index in [9.17, 15) is 14.0 Å². The molecule has 3 aromatic carbocycles. The van der Waals surface area contributed by atoms with Crippen LogP contribution in [0.3, 0.4) is 0 Å². The summed E-state index contributed by atoms with van der Waals surface area (Å²) in [5.41, 5.74) is 0.865. The van der Waals surface area contributed by atoms with Gasteiger partial charge >= 0.3 is 5.97 Å². The van der Waals surface area contributed by atoms with Gasteiger partial charge in [0.15, 0.2) is 6.04 Å². The molecule has 0 radical (unpaired) electrons. The summed E-state index contributed by atoms with van der Waals surface area (Å²) in [7, 11) is 0. The summed E-state index contributed by atoms with van der Waals surface area (Å²) in [5, 5.41) is 4.51. The van der Waals surface area contributed by atoms with Crippen LogP contribution in [0.5, 0.6) is 0 Å². The Balaban J connectivity index is 2.01. The van der Waals surface area contributed by atoms with Crippen LogP contribution in [0.4, 0.5) is 4.39 Å². The number of fused-ring (bicyclic) bond motifs is 1. The molecule has 27 heavy (non-hydrogen) atoms. The zero-order chi connectivity index (χ0) is 19.4. The average molecular weight is 430 g/mol. The maximum atomic E-state index is 13.3. The number of hydrogen-bond acceptors (Lipinski definition) is 3. The molecule has 0 unspecified atom stereocenters. The van der Waals surface area contributed by atoms with Crippen molar-refractivity contribution in [2.24, 2.45) is 0 Å². The van der Waals surface area contributed by atoms with E-state index < -0.39 is 23.7 Å². The lowest BCUT2D eigenvalue weighted by Gasteiger charge is -2.20. The van der Waals surface area contributed by atoms with Crippen molar-refractivity contribution in [3.63, 3.8) is 0 Å². The van der Waals surface area contributed by atoms with Gasteiger partial charge in [-0.3, -0.25) is 4.79 Å². The highest BCUT2D eigenvalue weighted by molar-refractivity contribution is 9.10. The predicted molar refractivity (Wildman–Crippen MR) is 105 cm³/mol. The lowest BCUT2D eigenvalue weighted by atomic mass is 9.98. The second-order valence-electron chi connectivity index (χ2n) is 5.85. The molecule has 0 saturated carbocycles. The zero-order valence-corrected chi connectivity index (χ0v) is 16.1. The van der Waals surface area contributed by atoms with Gasteiger partial charge in [0.2, 0.25) is 0 Å². The summed E-state index contributed by atoms with van der Waals surface area (Å²) >= 11 is 3.18. The number of nitrogens with one attached hydrogen (secondary N) is 1. The van der Waals surface area contributed by atoms with Gasteiger partial charge in [-0.25, -0.2) is 9.18 Å². The molecule has 0 heterocycles. The summed E-state index contributed by atoms with van der Waals surface area (Å²) in [6, 6.07) is 15.9. The SMILES string of the molecule is CCOC(=O)[C@@H](NC(=O)c1ccc(F)cc1Br)c1cccc2ccccc12. The van der Waals surface area contributed by atoms with Crippen LogP contribution in [0.25, 0.3) is 10.8 Å². The van der Waals surface area contributed by atoms with E-state index in [0.29, 0.717) is 10.0 Å². The lowest BCUT2D eigenvalue weighted by molar-refractivity contribution is -0.145. The van der Waals surface area contributed by atoms with Crippen molar-refractivity contribution < 1.29 is 18.7 Å². The Morgan fingerprint density at radius 2 is 1.85 bits per heavy atom. The molecule has 1 amide bonds. The first-order valence-corrected chi connectivity index (χ1v) is 9.20. The van der Waals surface area contributed by atoms with Crippen LogP contribution in [-0.4, -0.2) is 18.5 Å². The first kappa shape index (κ1) is 19.0. The largest absolute Gasteiger partial charge is 0.464 e. The Kier molecular flexibility index (Phi) is 5.86. The minimum Gasteiger partial charge on any atom is -0.464 e. The molecule has 3 aromatic rings. The topological polar surface area (TPSA) is 55.4 Å². The number of halogens is 2. The smallest absolute Gasteiger partial charge is 0.333 e. The zero-order valence-electron chi connectivity index (χ0n) is 14.5. The van der Waals surface area contributed by atoms with Gasteiger partial charge in [-0.1, -0.05) is 42.5 Å². The van der Waals surface area contributed by atoms with Gasteiger partial charge in [0.25, 0.3) is 5.91 Å². The fourth-order valence-electron chi connectivity index (χ4n) is 2.87. The van der Waals surface area contributed by atoms with Crippen LogP contribution in [0.15, 0.2) is 65.1 Å². The number of carbonyl (C=O) groups is 2. The van der Waals surface area contributed by atoms with Crippen molar-refractivity contribution in [3.05, 3.63) is 82.1 Å². The Morgan fingerprint density at radius 3 is 2.59 bits per heavy atom. The Labute approximate surface area is 164 Å². The van der Waals surface area contributed by atoms with Gasteiger partial charge in [-0.15, -0.1) is 0 Å². The van der Waals surface area contributed by atoms with Crippen LogP contribution >= 0.6 is 15.9 Å². The molecule has 1 atom stereocenters. The highest BCUT2D eigenvalue weighted by atomic mass is 79.9. The lowest BCUT2D eigenvalue weighted by Crippen LogP contribution is -2.35. The maximum Gasteiger partial charge on any atom is 0.333 e. The summed E-state index contributed by atoms with van der Waals surface area (Å²) in [6.45, 7) is 1.90. The second kappa shape index (κ2) is 8.31. The molecule has 0 aliphatic heterocycles. The first-order valence-electron chi connectivity index (χ1n) is 8.41. The van der Waals surface area contributed by atoms with E-state index in [0.717, 1.165) is 10.8 Å². The molecular formula is C21H17BrFNO3. The fraction of sp³-hybridized carbons (Fsp3) is 0.143. The Bertz CT molecular complexity index is 1000. The standard InChI is InChI=1S/C21H17BrFNO3/c1-2-27-21(26)19(16-9-5-7-13-6-3-4-8-15(13)16)24-20(25)17-11-10-14(23)12-18(17)22/h3-12,19H,2H2,1H3,(H,24,25)/t19-/m0/s1. The summed E-state index contributed by atoms with van der Waals surface area (Å²) in [5.74, 6) is -1.53. The van der Waals surface area contributed by atoms with Crippen molar-refractivity contribution in [2.45, 2.75) is 13.0 Å². The number of esters is 1. The van der Waals surface area contributed by atoms with Crippen molar-refractivity contribution in [2.75, 3.05) is 6.61 Å². The molecule has 0 bridgehead atoms. The van der Waals surface area contributed by atoms with Crippen molar-refractivity contribution >= 4 is 38.6 Å². The highest BCUT2D eigenvalue weighted by Gasteiger charge is 2.27. The third-order valence-electron chi connectivity index (χ3n) is 4.11. The molecule has 1 N–H and O–H groups in total. The number of carbonyl (C=O) groups excluding carboxylic acids is 2. The molecular weight excluding hydrogens is 413 g/mol. The van der Waals surface area contributed by atoms with E-state index >= 15 is 0 Å². The van der Waals surface area contributed by atoms with Crippen molar-refractivity contribution in [1.29, 1.82) is 0 Å². The van der Waals surface area contributed by atoms with E-state index in [2.05, 4.69) is 21.2 Å². The molecule has 4 nitrogen and oxygen atoms in total. The molecule has 6 heteroatoms. The highest BCUT2D eigenvalue weighted by Crippen LogP contribution is 2.26. The van der Waals surface area contributed by atoms with Gasteiger partial charge < -0.3 is 10.1 Å². The van der Waals surface area contributed by atoms with Crippen LogP contribution in [-0.2, 0) is 9.53 Å². The molecule has 0 aliphatic rings. The van der Waals surface area contributed by atoms with E-state index in [1.807, 2.05) is 36.4 Å². The quantitative estimate of drug-likeness (QED) is 0.593. The molecule has 0 fully saturated rings. The van der Waals surface area contributed by atoms with Crippen molar-refractivity contribution in [3.8, 4) is 0 Å². The summed E-state index contributed by atoms with van der Waals surface area (Å²) in [4.78, 5) is 25.3. The third-order valence-corrected chi connectivity index (χ3v) is 4.76. The average Bonchev–Trinajstić information content (AvgIpc) is 2.65. The van der Waals surface area contributed by atoms with Gasteiger partial charge in [0, 0.05) is 4.47 Å². The Morgan fingerprint density at radius 1 is 1.11 bits per heavy atom. The Hall–Kier alpha value is -2.73. The van der Waals surface area contributed by atoms with E-state index in [1.54, 1.807) is 13.0 Å². The summed E-state index contributed by atoms with van der Waals surface area (Å²) < 4.78 is 18.8. The number of hydrogen-bond donors (Lipinski definition) is 1. The van der Waals surface area contributed by atoms with Gasteiger partial charge in [0.1, 0.15) is 5.82 Å². The minimum absolute atomic E-state index is 0.191. The van der Waals surface area contributed by atoms with Gasteiger partial charge in [0.05, 0.1) is 12.2 Å². The van der Waals surface area contributed by atoms with E-state index in [1.165, 1.54) is 18.2 Å². The van der Waals surface area contributed by atoms with E-state index in [-0.39, 0.29) is 12.2 Å². The normalized spacial score (nSPS) is 11.8. The third kappa shape index (κ3) is 4.17. The number of rotatable bonds is 5. The van der Waals surface area contributed by atoms with E-state index in [4.69, 9.17) is 4.74 Å². The monoisotopic (exact) mass is 429 g/mol. The van der Waals surface area contributed by atoms with Crippen LogP contribution in [0.2, 0.25) is 0 Å². The van der Waals surface area contributed by atoms with Crippen LogP contribution < -0.4 is 5.32 Å². The van der Waals surface area contributed by atoms with Crippen LogP contribution in [0, 0.1) is 5.82 Å². The molecule has 0 aromatic heterocycles. The molecule has 3 rings (SSSR count). The number of benzene rings is 3. The predicted octanol–water partition coefficient (Wildman–Crippen LogP) is 4.78. The molecule has 0 aliphatic carbocycles. The minimum atomic E-state index is -0.986. The fourth-order valence-corrected chi connectivity index (χ4v) is 3.40. The summed E-state index contributed by atoms with van der Waals surface area (Å²) in [6.07, 6.45) is 0. The molecule has 0 spiro atoms.